The van der Waals surface area contributed by atoms with Crippen molar-refractivity contribution in [3.05, 3.63) is 83.1 Å². The second-order valence-electron chi connectivity index (χ2n) is 6.65. The minimum absolute atomic E-state index is 0.213. The van der Waals surface area contributed by atoms with Crippen molar-refractivity contribution in [1.29, 1.82) is 0 Å². The summed E-state index contributed by atoms with van der Waals surface area (Å²) in [4.78, 5) is 16.6. The fraction of sp³-hybridized carbons (Fsp3) is 0.182. The molecule has 2 aromatic carbocycles. The van der Waals surface area contributed by atoms with E-state index in [-0.39, 0.29) is 11.9 Å². The Hall–Kier alpha value is -3.05. The molecule has 2 N–H and O–H groups in total. The topological polar surface area (TPSA) is 63.2 Å². The molecule has 0 aliphatic carbocycles. The molecule has 0 saturated carbocycles. The lowest BCUT2D eigenvalue weighted by Gasteiger charge is -2.11. The molecule has 1 aromatic heterocycles. The van der Waals surface area contributed by atoms with Crippen LogP contribution in [-0.2, 0) is 6.61 Å². The Kier molecular flexibility index (Phi) is 6.50. The Morgan fingerprint density at radius 1 is 1.04 bits per heavy atom. The van der Waals surface area contributed by atoms with Gasteiger partial charge in [-0.05, 0) is 61.9 Å². The van der Waals surface area contributed by atoms with Crippen molar-refractivity contribution in [3.63, 3.8) is 0 Å². The third kappa shape index (κ3) is 5.72. The molecule has 0 aliphatic rings. The van der Waals surface area contributed by atoms with E-state index < -0.39 is 0 Å². The Labute approximate surface area is 169 Å². The third-order valence-corrected chi connectivity index (χ3v) is 4.14. The summed E-state index contributed by atoms with van der Waals surface area (Å²) in [5.74, 6) is 0.507. The van der Waals surface area contributed by atoms with Crippen LogP contribution in [0.2, 0.25) is 5.02 Å². The molecule has 3 rings (SSSR count). The van der Waals surface area contributed by atoms with Gasteiger partial charge >= 0.3 is 0 Å². The maximum atomic E-state index is 12.5. The van der Waals surface area contributed by atoms with Crippen LogP contribution in [0.3, 0.4) is 0 Å². The van der Waals surface area contributed by atoms with E-state index in [1.54, 1.807) is 30.6 Å². The number of amides is 1. The number of anilines is 2. The van der Waals surface area contributed by atoms with Gasteiger partial charge in [-0.3, -0.25) is 9.78 Å². The van der Waals surface area contributed by atoms with Gasteiger partial charge in [0, 0.05) is 29.1 Å². The first kappa shape index (κ1) is 19.7. The van der Waals surface area contributed by atoms with Gasteiger partial charge in [0.15, 0.2) is 0 Å². The number of ether oxygens (including phenoxy) is 1. The first-order valence-electron chi connectivity index (χ1n) is 9.00. The van der Waals surface area contributed by atoms with Crippen LogP contribution >= 0.6 is 11.6 Å². The highest BCUT2D eigenvalue weighted by molar-refractivity contribution is 6.30. The number of aromatic nitrogens is 1. The smallest absolute Gasteiger partial charge is 0.257 e. The zero-order valence-corrected chi connectivity index (χ0v) is 16.5. The maximum Gasteiger partial charge on any atom is 0.257 e. The van der Waals surface area contributed by atoms with Gasteiger partial charge in [0.2, 0.25) is 0 Å². The molecular formula is C22H22ClN3O2. The molecule has 5 nitrogen and oxygen atoms in total. The van der Waals surface area contributed by atoms with Crippen LogP contribution in [0.15, 0.2) is 67.0 Å². The summed E-state index contributed by atoms with van der Waals surface area (Å²) >= 11 is 5.88. The highest BCUT2D eigenvalue weighted by Gasteiger charge is 2.08. The quantitative estimate of drug-likeness (QED) is 0.563. The standard InChI is InChI=1S/C22H22ClN3O2/c1-15(2)25-20-11-17(12-24-13-20)22(27)26-19-7-9-21(10-8-19)28-14-16-3-5-18(23)6-4-16/h3-13,15,25H,14H2,1-2H3,(H,26,27). The maximum absolute atomic E-state index is 12.5. The zero-order valence-electron chi connectivity index (χ0n) is 15.8. The van der Waals surface area contributed by atoms with Crippen LogP contribution in [0.25, 0.3) is 0 Å². The summed E-state index contributed by atoms with van der Waals surface area (Å²) in [5.41, 5.74) is 3.03. The van der Waals surface area contributed by atoms with Crippen LogP contribution in [0, 0.1) is 0 Å². The molecule has 0 aliphatic heterocycles. The second-order valence-corrected chi connectivity index (χ2v) is 7.09. The normalized spacial score (nSPS) is 10.6. The van der Waals surface area contributed by atoms with Crippen molar-refractivity contribution < 1.29 is 9.53 Å². The first-order valence-corrected chi connectivity index (χ1v) is 9.37. The molecular weight excluding hydrogens is 374 g/mol. The third-order valence-electron chi connectivity index (χ3n) is 3.89. The van der Waals surface area contributed by atoms with Gasteiger partial charge in [0.25, 0.3) is 5.91 Å². The molecule has 1 heterocycles. The summed E-state index contributed by atoms with van der Waals surface area (Å²) in [7, 11) is 0. The number of hydrogen-bond donors (Lipinski definition) is 2. The second kappa shape index (κ2) is 9.24. The van der Waals surface area contributed by atoms with Gasteiger partial charge in [-0.15, -0.1) is 0 Å². The van der Waals surface area contributed by atoms with Crippen LogP contribution in [0.1, 0.15) is 29.8 Å². The Morgan fingerprint density at radius 3 is 2.43 bits per heavy atom. The van der Waals surface area contributed by atoms with E-state index in [1.807, 2.05) is 50.2 Å². The zero-order chi connectivity index (χ0) is 19.9. The molecule has 0 radical (unpaired) electrons. The number of benzene rings is 2. The molecule has 0 bridgehead atoms. The van der Waals surface area contributed by atoms with Crippen LogP contribution in [0.4, 0.5) is 11.4 Å². The van der Waals surface area contributed by atoms with Crippen LogP contribution in [0.5, 0.6) is 5.75 Å². The Bertz CT molecular complexity index is 925. The number of carbonyl (C=O) groups is 1. The molecule has 0 atom stereocenters. The molecule has 0 spiro atoms. The number of hydrogen-bond acceptors (Lipinski definition) is 4. The summed E-state index contributed by atoms with van der Waals surface area (Å²) in [5, 5.41) is 6.80. The van der Waals surface area contributed by atoms with Crippen molar-refractivity contribution in [3.8, 4) is 5.75 Å². The van der Waals surface area contributed by atoms with Gasteiger partial charge in [-0.25, -0.2) is 0 Å². The van der Waals surface area contributed by atoms with Gasteiger partial charge in [-0.1, -0.05) is 23.7 Å². The van der Waals surface area contributed by atoms with Gasteiger partial charge < -0.3 is 15.4 Å². The van der Waals surface area contributed by atoms with Crippen molar-refractivity contribution >= 4 is 28.9 Å². The summed E-state index contributed by atoms with van der Waals surface area (Å²) < 4.78 is 5.76. The average molecular weight is 396 g/mol. The highest BCUT2D eigenvalue weighted by atomic mass is 35.5. The fourth-order valence-electron chi connectivity index (χ4n) is 2.56. The van der Waals surface area contributed by atoms with E-state index >= 15 is 0 Å². The molecule has 0 fully saturated rings. The Balaban J connectivity index is 1.57. The van der Waals surface area contributed by atoms with Crippen LogP contribution in [-0.4, -0.2) is 16.9 Å². The lowest BCUT2D eigenvalue weighted by molar-refractivity contribution is 0.102. The van der Waals surface area contributed by atoms with Crippen molar-refractivity contribution in [2.75, 3.05) is 10.6 Å². The fourth-order valence-corrected chi connectivity index (χ4v) is 2.69. The SMILES string of the molecule is CC(C)Nc1cncc(C(=O)Nc2ccc(OCc3ccc(Cl)cc3)cc2)c1. The number of carbonyl (C=O) groups excluding carboxylic acids is 1. The lowest BCUT2D eigenvalue weighted by atomic mass is 10.2. The first-order chi connectivity index (χ1) is 13.5. The predicted octanol–water partition coefficient (Wildman–Crippen LogP) is 5.39. The van der Waals surface area contributed by atoms with Gasteiger partial charge in [-0.2, -0.15) is 0 Å². The highest BCUT2D eigenvalue weighted by Crippen LogP contribution is 2.19. The number of nitrogens with zero attached hydrogens (tertiary/aromatic N) is 1. The van der Waals surface area contributed by atoms with Crippen molar-refractivity contribution in [1.82, 2.24) is 4.98 Å². The van der Waals surface area contributed by atoms with E-state index in [1.165, 1.54) is 0 Å². The van der Waals surface area contributed by atoms with E-state index in [0.717, 1.165) is 17.0 Å². The molecule has 0 saturated heterocycles. The molecule has 28 heavy (non-hydrogen) atoms. The largest absolute Gasteiger partial charge is 0.489 e. The summed E-state index contributed by atoms with van der Waals surface area (Å²) in [6.07, 6.45) is 3.24. The average Bonchev–Trinajstić information content (AvgIpc) is 2.68. The predicted molar refractivity (Wildman–Crippen MR) is 113 cm³/mol. The Morgan fingerprint density at radius 2 is 1.75 bits per heavy atom. The van der Waals surface area contributed by atoms with Crippen molar-refractivity contribution in [2.45, 2.75) is 26.5 Å². The van der Waals surface area contributed by atoms with Gasteiger partial charge in [0.05, 0.1) is 11.3 Å². The van der Waals surface area contributed by atoms with E-state index in [0.29, 0.717) is 22.9 Å². The molecule has 0 unspecified atom stereocenters. The number of rotatable bonds is 7. The van der Waals surface area contributed by atoms with E-state index in [2.05, 4.69) is 15.6 Å². The number of halogens is 1. The van der Waals surface area contributed by atoms with E-state index in [9.17, 15) is 4.79 Å². The molecule has 6 heteroatoms. The molecule has 3 aromatic rings. The van der Waals surface area contributed by atoms with Crippen LogP contribution < -0.4 is 15.4 Å². The van der Waals surface area contributed by atoms with Crippen molar-refractivity contribution in [2.24, 2.45) is 0 Å². The minimum Gasteiger partial charge on any atom is -0.489 e. The monoisotopic (exact) mass is 395 g/mol. The summed E-state index contributed by atoms with van der Waals surface area (Å²) in [6.45, 7) is 4.51. The van der Waals surface area contributed by atoms with E-state index in [4.69, 9.17) is 16.3 Å². The molecule has 1 amide bonds. The van der Waals surface area contributed by atoms with Gasteiger partial charge in [0.1, 0.15) is 12.4 Å². The number of pyridine rings is 1. The summed E-state index contributed by atoms with van der Waals surface area (Å²) in [6, 6.07) is 16.8. The number of nitrogens with one attached hydrogen (secondary N) is 2. The lowest BCUT2D eigenvalue weighted by Crippen LogP contribution is -2.14. The molecule has 144 valence electrons. The minimum atomic E-state index is -0.213.